The highest BCUT2D eigenvalue weighted by Crippen LogP contribution is 2.20. The van der Waals surface area contributed by atoms with Crippen LogP contribution in [0.15, 0.2) is 43.0 Å². The normalized spacial score (nSPS) is 10.8. The van der Waals surface area contributed by atoms with Crippen molar-refractivity contribution in [2.24, 2.45) is 0 Å². The molecule has 2 nitrogen and oxygen atoms in total. The Labute approximate surface area is 134 Å². The molecule has 0 amide bonds. The Morgan fingerprint density at radius 3 is 2.50 bits per heavy atom. The van der Waals surface area contributed by atoms with Crippen LogP contribution in [-0.2, 0) is 4.79 Å². The molecule has 1 aromatic rings. The van der Waals surface area contributed by atoms with E-state index in [1.807, 2.05) is 49.4 Å². The van der Waals surface area contributed by atoms with E-state index < -0.39 is 0 Å². The van der Waals surface area contributed by atoms with Gasteiger partial charge in [0.05, 0.1) is 0 Å². The highest BCUT2D eigenvalue weighted by Gasteiger charge is 2.07. The van der Waals surface area contributed by atoms with Crippen molar-refractivity contribution >= 4 is 12.0 Å². The maximum Gasteiger partial charge on any atom is 0.311 e. The van der Waals surface area contributed by atoms with Crippen LogP contribution >= 0.6 is 0 Å². The van der Waals surface area contributed by atoms with Crippen LogP contribution in [0.5, 0.6) is 5.75 Å². The lowest BCUT2D eigenvalue weighted by atomic mass is 10.1. The Balaban J connectivity index is 2.20. The van der Waals surface area contributed by atoms with E-state index in [4.69, 9.17) is 4.74 Å². The van der Waals surface area contributed by atoms with E-state index in [9.17, 15) is 4.79 Å². The van der Waals surface area contributed by atoms with Gasteiger partial charge in [-0.15, -0.1) is 6.58 Å². The highest BCUT2D eigenvalue weighted by atomic mass is 16.5. The molecule has 0 aliphatic rings. The summed E-state index contributed by atoms with van der Waals surface area (Å²) in [5.41, 5.74) is 0.945. The number of rotatable bonds is 11. The van der Waals surface area contributed by atoms with Crippen LogP contribution in [0, 0.1) is 0 Å². The van der Waals surface area contributed by atoms with E-state index >= 15 is 0 Å². The van der Waals surface area contributed by atoms with Crippen molar-refractivity contribution in [3.8, 4) is 5.75 Å². The summed E-state index contributed by atoms with van der Waals surface area (Å²) < 4.78 is 5.46. The third kappa shape index (κ3) is 7.82. The number of unbranched alkanes of at least 4 members (excludes halogenated alkanes) is 6. The van der Waals surface area contributed by atoms with Gasteiger partial charge in [-0.3, -0.25) is 4.79 Å². The van der Waals surface area contributed by atoms with Crippen molar-refractivity contribution in [2.45, 2.75) is 58.3 Å². The zero-order valence-corrected chi connectivity index (χ0v) is 13.7. The molecule has 120 valence electrons. The molecular weight excluding hydrogens is 272 g/mol. The lowest BCUT2D eigenvalue weighted by molar-refractivity contribution is -0.134. The fourth-order valence-electron chi connectivity index (χ4n) is 2.33. The van der Waals surface area contributed by atoms with Crippen LogP contribution in [0.2, 0.25) is 0 Å². The van der Waals surface area contributed by atoms with Crippen molar-refractivity contribution in [3.63, 3.8) is 0 Å². The minimum Gasteiger partial charge on any atom is -0.426 e. The summed E-state index contributed by atoms with van der Waals surface area (Å²) in [7, 11) is 0. The van der Waals surface area contributed by atoms with Crippen molar-refractivity contribution < 1.29 is 9.53 Å². The van der Waals surface area contributed by atoms with E-state index in [-0.39, 0.29) is 5.97 Å². The maximum absolute atomic E-state index is 11.9. The first kappa shape index (κ1) is 18.2. The second kappa shape index (κ2) is 11.8. The van der Waals surface area contributed by atoms with E-state index in [0.29, 0.717) is 12.2 Å². The summed E-state index contributed by atoms with van der Waals surface area (Å²) in [6.07, 6.45) is 14.4. The van der Waals surface area contributed by atoms with Gasteiger partial charge in [-0.1, -0.05) is 62.1 Å². The Hall–Kier alpha value is -1.83. The molecule has 0 radical (unpaired) electrons. The number of ether oxygens (including phenoxy) is 1. The summed E-state index contributed by atoms with van der Waals surface area (Å²) in [4.78, 5) is 11.9. The summed E-state index contributed by atoms with van der Waals surface area (Å²) in [6.45, 7) is 5.68. The molecule has 22 heavy (non-hydrogen) atoms. The molecule has 0 aliphatic heterocycles. The van der Waals surface area contributed by atoms with Crippen LogP contribution < -0.4 is 4.74 Å². The van der Waals surface area contributed by atoms with Gasteiger partial charge in [-0.05, 0) is 32.3 Å². The first-order chi connectivity index (χ1) is 10.8. The monoisotopic (exact) mass is 300 g/mol. The molecule has 0 bridgehead atoms. The molecule has 0 saturated carbocycles. The third-order valence-electron chi connectivity index (χ3n) is 3.53. The number of para-hydroxylation sites is 1. The number of carbonyl (C=O) groups excluding carboxylic acids is 1. The van der Waals surface area contributed by atoms with Crippen molar-refractivity contribution in [3.05, 3.63) is 48.6 Å². The Morgan fingerprint density at radius 1 is 1.09 bits per heavy atom. The molecule has 0 atom stereocenters. The zero-order chi connectivity index (χ0) is 16.0. The predicted molar refractivity (Wildman–Crippen MR) is 93.9 cm³/mol. The van der Waals surface area contributed by atoms with Crippen LogP contribution in [0.1, 0.15) is 63.9 Å². The van der Waals surface area contributed by atoms with E-state index in [1.165, 1.54) is 25.7 Å². The number of benzene rings is 1. The first-order valence-corrected chi connectivity index (χ1v) is 8.31. The molecule has 0 aromatic heterocycles. The van der Waals surface area contributed by atoms with Gasteiger partial charge in [-0.25, -0.2) is 0 Å². The summed E-state index contributed by atoms with van der Waals surface area (Å²) in [6, 6.07) is 7.62. The van der Waals surface area contributed by atoms with Gasteiger partial charge >= 0.3 is 5.97 Å². The summed E-state index contributed by atoms with van der Waals surface area (Å²) in [5.74, 6) is 0.513. The molecule has 0 unspecified atom stereocenters. The summed E-state index contributed by atoms with van der Waals surface area (Å²) >= 11 is 0. The van der Waals surface area contributed by atoms with E-state index in [1.54, 1.807) is 0 Å². The average Bonchev–Trinajstić information content (AvgIpc) is 2.52. The largest absolute Gasteiger partial charge is 0.426 e. The van der Waals surface area contributed by atoms with Crippen LogP contribution in [0.3, 0.4) is 0 Å². The molecule has 0 N–H and O–H groups in total. The Morgan fingerprint density at radius 2 is 1.77 bits per heavy atom. The predicted octanol–water partition coefficient (Wildman–Crippen LogP) is 5.93. The van der Waals surface area contributed by atoms with Gasteiger partial charge in [0.25, 0.3) is 0 Å². The average molecular weight is 300 g/mol. The number of hydrogen-bond acceptors (Lipinski definition) is 2. The minimum atomic E-state index is -0.136. The molecule has 0 aliphatic carbocycles. The van der Waals surface area contributed by atoms with Gasteiger partial charge in [-0.2, -0.15) is 0 Å². The minimum absolute atomic E-state index is 0.136. The van der Waals surface area contributed by atoms with E-state index in [0.717, 1.165) is 24.8 Å². The molecule has 1 rings (SSSR count). The fraction of sp³-hybridized carbons (Fsp3) is 0.450. The molecule has 2 heteroatoms. The van der Waals surface area contributed by atoms with Crippen molar-refractivity contribution in [1.82, 2.24) is 0 Å². The van der Waals surface area contributed by atoms with Crippen molar-refractivity contribution in [1.29, 1.82) is 0 Å². The summed E-state index contributed by atoms with van der Waals surface area (Å²) in [5, 5.41) is 0. The lowest BCUT2D eigenvalue weighted by Gasteiger charge is -2.07. The number of hydrogen-bond donors (Lipinski definition) is 0. The smallest absolute Gasteiger partial charge is 0.311 e. The zero-order valence-electron chi connectivity index (χ0n) is 13.7. The van der Waals surface area contributed by atoms with Gasteiger partial charge in [0, 0.05) is 12.0 Å². The molecule has 0 fully saturated rings. The molecule has 0 saturated heterocycles. The molecule has 1 aromatic carbocycles. The number of carbonyl (C=O) groups is 1. The second-order valence-corrected chi connectivity index (χ2v) is 5.46. The lowest BCUT2D eigenvalue weighted by Crippen LogP contribution is -2.08. The number of esters is 1. The third-order valence-corrected chi connectivity index (χ3v) is 3.53. The van der Waals surface area contributed by atoms with Gasteiger partial charge in [0.1, 0.15) is 5.75 Å². The highest BCUT2D eigenvalue weighted by molar-refractivity contribution is 5.74. The Kier molecular flexibility index (Phi) is 9.76. The van der Waals surface area contributed by atoms with Gasteiger partial charge in [0.15, 0.2) is 0 Å². The van der Waals surface area contributed by atoms with Gasteiger partial charge in [0.2, 0.25) is 0 Å². The van der Waals surface area contributed by atoms with Gasteiger partial charge < -0.3 is 4.74 Å². The number of allylic oxidation sites excluding steroid dienone is 2. The van der Waals surface area contributed by atoms with E-state index in [2.05, 4.69) is 6.58 Å². The van der Waals surface area contributed by atoms with Crippen LogP contribution in [-0.4, -0.2) is 5.97 Å². The Bertz CT molecular complexity index is 474. The molecular formula is C20H28O2. The standard InChI is InChI=1S/C20H28O2/c1-3-5-6-7-8-9-10-11-17-20(21)22-19-16-13-12-15-18(19)14-4-2/h3-4,12-16H,1,5-11,17H2,2H3/b14-4+. The fourth-order valence-corrected chi connectivity index (χ4v) is 2.33. The van der Waals surface area contributed by atoms with Crippen molar-refractivity contribution in [2.75, 3.05) is 0 Å². The molecule has 0 heterocycles. The quantitative estimate of drug-likeness (QED) is 0.219. The topological polar surface area (TPSA) is 26.3 Å². The molecule has 0 spiro atoms. The SMILES string of the molecule is C=CCCCCCCCCC(=O)Oc1ccccc1/C=C/C. The van der Waals surface area contributed by atoms with Crippen LogP contribution in [0.4, 0.5) is 0 Å². The maximum atomic E-state index is 11.9. The first-order valence-electron chi connectivity index (χ1n) is 8.31. The second-order valence-electron chi connectivity index (χ2n) is 5.46. The van der Waals surface area contributed by atoms with Crippen LogP contribution in [0.25, 0.3) is 6.08 Å².